The normalized spacial score (nSPS) is 20.2. The number of ether oxygens (including phenoxy) is 1. The summed E-state index contributed by atoms with van der Waals surface area (Å²) in [6, 6.07) is 15.3. The number of alkyl carbamates (subject to hydrolysis) is 1. The smallest absolute Gasteiger partial charge is 0.407 e. The largest absolute Gasteiger partial charge is 0.480 e. The van der Waals surface area contributed by atoms with Crippen molar-refractivity contribution in [2.75, 3.05) is 6.61 Å². The summed E-state index contributed by atoms with van der Waals surface area (Å²) >= 11 is 0. The van der Waals surface area contributed by atoms with Crippen LogP contribution < -0.4 is 10.6 Å². The fourth-order valence-corrected chi connectivity index (χ4v) is 4.86. The van der Waals surface area contributed by atoms with Gasteiger partial charge in [0.1, 0.15) is 12.6 Å². The molecule has 0 radical (unpaired) electrons. The van der Waals surface area contributed by atoms with Crippen LogP contribution in [0.5, 0.6) is 0 Å². The molecule has 2 aromatic rings. The third-order valence-electron chi connectivity index (χ3n) is 6.50. The van der Waals surface area contributed by atoms with Crippen molar-refractivity contribution in [3.63, 3.8) is 0 Å². The van der Waals surface area contributed by atoms with Crippen molar-refractivity contribution < 1.29 is 24.2 Å². The third-order valence-corrected chi connectivity index (χ3v) is 6.50. The summed E-state index contributed by atoms with van der Waals surface area (Å²) in [7, 11) is 0. The summed E-state index contributed by atoms with van der Waals surface area (Å²) in [5.74, 6) is -1.42. The molecular formula is C25H28N2O5. The Labute approximate surface area is 187 Å². The van der Waals surface area contributed by atoms with Crippen LogP contribution in [-0.2, 0) is 14.3 Å². The van der Waals surface area contributed by atoms with Crippen molar-refractivity contribution in [2.24, 2.45) is 5.92 Å². The van der Waals surface area contributed by atoms with E-state index in [2.05, 4.69) is 34.9 Å². The van der Waals surface area contributed by atoms with Gasteiger partial charge in [-0.1, -0.05) is 55.0 Å². The second kappa shape index (κ2) is 9.42. The number of amides is 2. The second-order valence-corrected chi connectivity index (χ2v) is 8.60. The molecule has 0 saturated heterocycles. The maximum absolute atomic E-state index is 12.6. The number of hydrogen-bond acceptors (Lipinski definition) is 4. The zero-order valence-corrected chi connectivity index (χ0v) is 18.0. The highest BCUT2D eigenvalue weighted by molar-refractivity contribution is 5.83. The predicted octanol–water partition coefficient (Wildman–Crippen LogP) is 3.67. The number of aliphatic carboxylic acids is 1. The molecule has 1 fully saturated rings. The van der Waals surface area contributed by atoms with Crippen molar-refractivity contribution in [2.45, 2.75) is 50.6 Å². The van der Waals surface area contributed by atoms with Crippen LogP contribution >= 0.6 is 0 Å². The Kier molecular flexibility index (Phi) is 6.44. The average molecular weight is 437 g/mol. The van der Waals surface area contributed by atoms with Crippen LogP contribution in [0, 0.1) is 5.92 Å². The van der Waals surface area contributed by atoms with Crippen molar-refractivity contribution in [3.05, 3.63) is 59.7 Å². The van der Waals surface area contributed by atoms with Crippen LogP contribution in [0.1, 0.15) is 49.7 Å². The van der Waals surface area contributed by atoms with Gasteiger partial charge in [-0.05, 0) is 47.9 Å². The van der Waals surface area contributed by atoms with Gasteiger partial charge in [0.15, 0.2) is 0 Å². The average Bonchev–Trinajstić information content (AvgIpc) is 3.34. The Bertz CT molecular complexity index is 975. The first-order valence-corrected chi connectivity index (χ1v) is 11.1. The van der Waals surface area contributed by atoms with Crippen LogP contribution in [0.4, 0.5) is 4.79 Å². The summed E-state index contributed by atoms with van der Waals surface area (Å²) in [5.41, 5.74) is 4.66. The molecule has 2 aliphatic carbocycles. The van der Waals surface area contributed by atoms with Gasteiger partial charge in [-0.25, -0.2) is 4.79 Å². The number of nitrogens with one attached hydrogen (secondary N) is 2. The van der Waals surface area contributed by atoms with Crippen molar-refractivity contribution >= 4 is 18.0 Å². The Hall–Kier alpha value is -3.35. The van der Waals surface area contributed by atoms with Gasteiger partial charge in [-0.3, -0.25) is 9.59 Å². The lowest BCUT2D eigenvalue weighted by atomic mass is 9.98. The van der Waals surface area contributed by atoms with E-state index >= 15 is 0 Å². The Morgan fingerprint density at radius 2 is 1.66 bits per heavy atom. The first kappa shape index (κ1) is 21.9. The Balaban J connectivity index is 1.33. The number of fused-ring (bicyclic) bond motifs is 3. The first-order chi connectivity index (χ1) is 15.4. The summed E-state index contributed by atoms with van der Waals surface area (Å²) in [6.45, 7) is 1.68. The number of benzene rings is 2. The highest BCUT2D eigenvalue weighted by Gasteiger charge is 2.33. The fraction of sp³-hybridized carbons (Fsp3) is 0.400. The number of carboxylic acid groups (broad SMARTS) is 1. The third kappa shape index (κ3) is 4.61. The molecule has 3 atom stereocenters. The van der Waals surface area contributed by atoms with Gasteiger partial charge in [0, 0.05) is 18.4 Å². The topological polar surface area (TPSA) is 105 Å². The molecule has 0 bridgehead atoms. The summed E-state index contributed by atoms with van der Waals surface area (Å²) in [5, 5.41) is 14.3. The quantitative estimate of drug-likeness (QED) is 0.614. The van der Waals surface area contributed by atoms with Crippen LogP contribution in [0.2, 0.25) is 0 Å². The highest BCUT2D eigenvalue weighted by atomic mass is 16.5. The summed E-state index contributed by atoms with van der Waals surface area (Å²) in [4.78, 5) is 35.7. The Morgan fingerprint density at radius 3 is 2.28 bits per heavy atom. The highest BCUT2D eigenvalue weighted by Crippen LogP contribution is 2.44. The van der Waals surface area contributed by atoms with Crippen LogP contribution in [0.25, 0.3) is 11.1 Å². The van der Waals surface area contributed by atoms with E-state index in [1.165, 1.54) is 18.1 Å². The molecule has 0 aromatic heterocycles. The fourth-order valence-electron chi connectivity index (χ4n) is 4.86. The first-order valence-electron chi connectivity index (χ1n) is 11.1. The molecule has 2 aliphatic rings. The summed E-state index contributed by atoms with van der Waals surface area (Å²) in [6.07, 6.45) is 2.19. The van der Waals surface area contributed by atoms with E-state index in [9.17, 15) is 14.4 Å². The van der Waals surface area contributed by atoms with Crippen LogP contribution in [0.15, 0.2) is 48.5 Å². The number of hydrogen-bond donors (Lipinski definition) is 3. The van der Waals surface area contributed by atoms with Gasteiger partial charge >= 0.3 is 12.1 Å². The molecule has 0 aliphatic heterocycles. The van der Waals surface area contributed by atoms with E-state index in [-0.39, 0.29) is 36.8 Å². The lowest BCUT2D eigenvalue weighted by molar-refractivity contribution is -0.141. The van der Waals surface area contributed by atoms with Crippen LogP contribution in [0.3, 0.4) is 0 Å². The van der Waals surface area contributed by atoms with Gasteiger partial charge in [-0.15, -0.1) is 0 Å². The molecule has 32 heavy (non-hydrogen) atoms. The minimum Gasteiger partial charge on any atom is -0.480 e. The monoisotopic (exact) mass is 436 g/mol. The Morgan fingerprint density at radius 1 is 1.03 bits per heavy atom. The van der Waals surface area contributed by atoms with Crippen molar-refractivity contribution in [3.8, 4) is 11.1 Å². The predicted molar refractivity (Wildman–Crippen MR) is 119 cm³/mol. The molecule has 2 aromatic carbocycles. The molecule has 3 N–H and O–H groups in total. The van der Waals surface area contributed by atoms with E-state index in [0.29, 0.717) is 0 Å². The molecule has 7 heteroatoms. The van der Waals surface area contributed by atoms with Gasteiger partial charge < -0.3 is 20.5 Å². The van der Waals surface area contributed by atoms with Gasteiger partial charge in [0.25, 0.3) is 0 Å². The molecule has 7 nitrogen and oxygen atoms in total. The van der Waals surface area contributed by atoms with E-state index in [1.54, 1.807) is 0 Å². The molecule has 2 amide bonds. The molecule has 168 valence electrons. The lowest BCUT2D eigenvalue weighted by Crippen LogP contribution is -2.42. The van der Waals surface area contributed by atoms with Gasteiger partial charge in [0.2, 0.25) is 5.91 Å². The SMILES string of the molecule is C[C@@H](NC(=O)C[C@@H]1CCC[C@H]1NC(=O)OCC1c2ccccc2-c2ccccc21)C(=O)O. The minimum atomic E-state index is -1.07. The molecule has 0 heterocycles. The molecular weight excluding hydrogens is 408 g/mol. The zero-order chi connectivity index (χ0) is 22.7. The van der Waals surface area contributed by atoms with E-state index < -0.39 is 18.1 Å². The van der Waals surface area contributed by atoms with E-state index in [4.69, 9.17) is 9.84 Å². The zero-order valence-electron chi connectivity index (χ0n) is 18.0. The number of carboxylic acids is 1. The van der Waals surface area contributed by atoms with Crippen molar-refractivity contribution in [1.82, 2.24) is 10.6 Å². The molecule has 4 rings (SSSR count). The van der Waals surface area contributed by atoms with E-state index in [1.807, 2.05) is 24.3 Å². The van der Waals surface area contributed by atoms with Gasteiger partial charge in [-0.2, -0.15) is 0 Å². The molecule has 0 unspecified atom stereocenters. The minimum absolute atomic E-state index is 0.00388. The number of rotatable bonds is 7. The lowest BCUT2D eigenvalue weighted by Gasteiger charge is -2.22. The maximum atomic E-state index is 12.6. The van der Waals surface area contributed by atoms with E-state index in [0.717, 1.165) is 30.4 Å². The maximum Gasteiger partial charge on any atom is 0.407 e. The second-order valence-electron chi connectivity index (χ2n) is 8.60. The summed E-state index contributed by atoms with van der Waals surface area (Å²) < 4.78 is 5.62. The number of carbonyl (C=O) groups is 3. The standard InChI is InChI=1S/C25H28N2O5/c1-15(24(29)30)26-23(28)13-16-7-6-12-22(16)27-25(31)32-14-21-19-10-4-2-8-17(19)18-9-3-5-11-20(18)21/h2-5,8-11,15-16,21-22H,6-7,12-14H2,1H3,(H,26,28)(H,27,31)(H,29,30)/t15-,16+,22-/m1/s1. The van der Waals surface area contributed by atoms with Crippen molar-refractivity contribution in [1.29, 1.82) is 0 Å². The number of carbonyl (C=O) groups excluding carboxylic acids is 2. The van der Waals surface area contributed by atoms with Gasteiger partial charge in [0.05, 0.1) is 0 Å². The molecule has 1 saturated carbocycles. The molecule has 0 spiro atoms. The van der Waals surface area contributed by atoms with Crippen LogP contribution in [-0.4, -0.2) is 41.8 Å².